The second kappa shape index (κ2) is 25.7. The van der Waals surface area contributed by atoms with E-state index in [0.29, 0.717) is 30.2 Å². The van der Waals surface area contributed by atoms with Gasteiger partial charge < -0.3 is 69.0 Å². The first-order valence-electron chi connectivity index (χ1n) is 26.5. The van der Waals surface area contributed by atoms with Crippen molar-refractivity contribution in [2.45, 2.75) is 198 Å². The summed E-state index contributed by atoms with van der Waals surface area (Å²) >= 11 is 1.37. The van der Waals surface area contributed by atoms with E-state index in [1.165, 1.54) is 51.2 Å². The van der Waals surface area contributed by atoms with Gasteiger partial charge in [-0.1, -0.05) is 68.5 Å². The van der Waals surface area contributed by atoms with Gasteiger partial charge in [-0.3, -0.25) is 9.59 Å². The molecular formula is C54H85FN6O14S. The fraction of sp³-hybridized carbons (Fsp3) is 0.759. The molecule has 3 aromatic rings. The Balaban J connectivity index is 1.27. The normalized spacial score (nSPS) is 38.1. The summed E-state index contributed by atoms with van der Waals surface area (Å²) < 4.78 is 67.0. The highest BCUT2D eigenvalue weighted by Gasteiger charge is 2.54. The molecule has 6 N–H and O–H groups in total. The zero-order valence-corrected chi connectivity index (χ0v) is 47.5. The number of halogens is 1. The third kappa shape index (κ3) is 13.3. The van der Waals surface area contributed by atoms with Crippen LogP contribution in [0.1, 0.15) is 118 Å². The molecule has 76 heavy (non-hydrogen) atoms. The van der Waals surface area contributed by atoms with Gasteiger partial charge in [-0.2, -0.15) is 0 Å². The molecule has 22 heteroatoms. The van der Waals surface area contributed by atoms with Crippen LogP contribution in [-0.4, -0.2) is 183 Å². The third-order valence-corrected chi connectivity index (χ3v) is 17.5. The number of ether oxygens (including phenoxy) is 8. The van der Waals surface area contributed by atoms with Gasteiger partial charge in [0.25, 0.3) is 0 Å². The van der Waals surface area contributed by atoms with Crippen LogP contribution >= 0.6 is 11.3 Å². The number of Topliss-reactive ketones (excluding diaryl/α,β-unsaturated/α-hetero) is 1. The quantitative estimate of drug-likeness (QED) is 0.108. The van der Waals surface area contributed by atoms with Crippen molar-refractivity contribution in [3.05, 3.63) is 47.9 Å². The molecule has 3 saturated heterocycles. The predicted octanol–water partition coefficient (Wildman–Crippen LogP) is 5.25. The molecule has 0 unspecified atom stereocenters. The number of ketones is 1. The van der Waals surface area contributed by atoms with Gasteiger partial charge in [-0.15, -0.1) is 5.10 Å². The number of likely N-dealkylation sites (N-methyl/N-ethyl adjacent to an activating group) is 1. The van der Waals surface area contributed by atoms with E-state index >= 15 is 0 Å². The summed E-state index contributed by atoms with van der Waals surface area (Å²) in [5.41, 5.74) is 3.65. The van der Waals surface area contributed by atoms with Crippen LogP contribution in [-0.2, 0) is 53.9 Å². The van der Waals surface area contributed by atoms with Crippen molar-refractivity contribution in [1.82, 2.24) is 24.9 Å². The number of methoxy groups -OCH3 is 3. The van der Waals surface area contributed by atoms with Gasteiger partial charge >= 0.3 is 5.97 Å². The Morgan fingerprint density at radius 3 is 2.21 bits per heavy atom. The highest BCUT2D eigenvalue weighted by atomic mass is 32.1. The maximum absolute atomic E-state index is 14.9. The number of nitrogens with zero attached hydrogens (tertiary/aromatic N) is 5. The van der Waals surface area contributed by atoms with E-state index in [2.05, 4.69) is 15.3 Å². The number of thiazole rings is 1. The zero-order valence-electron chi connectivity index (χ0n) is 46.7. The fourth-order valence-electron chi connectivity index (χ4n) is 11.6. The lowest BCUT2D eigenvalue weighted by Gasteiger charge is -2.50. The molecule has 0 aliphatic carbocycles. The number of aliphatic hydroxyl groups is 4. The molecule has 0 amide bonds. The van der Waals surface area contributed by atoms with Gasteiger partial charge in [0, 0.05) is 76.9 Å². The minimum Gasteiger partial charge on any atom is -0.459 e. The number of hydrogen-bond donors (Lipinski definition) is 5. The van der Waals surface area contributed by atoms with E-state index in [1.807, 2.05) is 50.1 Å². The molecule has 6 rings (SSSR count). The third-order valence-electron chi connectivity index (χ3n) is 16.6. The number of hydrogen-bond acceptors (Lipinski definition) is 20. The van der Waals surface area contributed by atoms with Gasteiger partial charge in [0.05, 0.1) is 58.2 Å². The van der Waals surface area contributed by atoms with E-state index in [9.17, 15) is 34.4 Å². The van der Waals surface area contributed by atoms with E-state index < -0.39 is 133 Å². The summed E-state index contributed by atoms with van der Waals surface area (Å²) in [6.07, 6.45) is -6.92. The van der Waals surface area contributed by atoms with Crippen molar-refractivity contribution in [3.8, 4) is 10.4 Å². The van der Waals surface area contributed by atoms with Crippen LogP contribution in [0, 0.1) is 23.7 Å². The Hall–Kier alpha value is -3.62. The first kappa shape index (κ1) is 61.6. The average molecular weight is 1090 g/mol. The van der Waals surface area contributed by atoms with Gasteiger partial charge in [0.15, 0.2) is 17.7 Å². The number of benzene rings is 1. The number of esters is 1. The maximum atomic E-state index is 14.9. The monoisotopic (exact) mass is 1090 g/mol. The molecule has 0 radical (unpaired) electrons. The van der Waals surface area contributed by atoms with E-state index in [0.717, 1.165) is 16.0 Å². The van der Waals surface area contributed by atoms with Crippen LogP contribution in [0.25, 0.3) is 10.4 Å². The highest BCUT2D eigenvalue weighted by molar-refractivity contribution is 7.18. The van der Waals surface area contributed by atoms with Crippen molar-refractivity contribution in [2.75, 3.05) is 47.3 Å². The number of carbonyl (C=O) groups excluding carboxylic acids is 2. The summed E-state index contributed by atoms with van der Waals surface area (Å²) in [4.78, 5) is 35.9. The molecule has 0 bridgehead atoms. The Kier molecular flexibility index (Phi) is 20.8. The van der Waals surface area contributed by atoms with Crippen LogP contribution in [0.5, 0.6) is 0 Å². The van der Waals surface area contributed by atoms with Gasteiger partial charge in [-0.25, -0.2) is 14.1 Å². The second-order valence-corrected chi connectivity index (χ2v) is 23.2. The van der Waals surface area contributed by atoms with Gasteiger partial charge in [0.1, 0.15) is 48.5 Å². The predicted molar refractivity (Wildman–Crippen MR) is 280 cm³/mol. The molecule has 0 spiro atoms. The number of alkyl halides is 1. The lowest BCUT2D eigenvalue weighted by atomic mass is 9.74. The fourth-order valence-corrected chi connectivity index (χ4v) is 12.3. The molecule has 2 aromatic heterocycles. The number of cyclic esters (lactones) is 1. The molecule has 0 saturated carbocycles. The van der Waals surface area contributed by atoms with Crippen molar-refractivity contribution < 1.29 is 72.3 Å². The van der Waals surface area contributed by atoms with Crippen LogP contribution in [0.3, 0.4) is 0 Å². The van der Waals surface area contributed by atoms with Gasteiger partial charge in [-0.05, 0) is 79.0 Å². The molecule has 20 nitrogen and oxygen atoms in total. The topological polar surface area (TPSA) is 262 Å². The average Bonchev–Trinajstić information content (AvgIpc) is 4.07. The minimum atomic E-state index is -2.02. The van der Waals surface area contributed by atoms with Gasteiger partial charge in [0.2, 0.25) is 0 Å². The molecule has 1 aromatic carbocycles. The summed E-state index contributed by atoms with van der Waals surface area (Å²) in [7, 11) is 6.38. The second-order valence-electron chi connectivity index (χ2n) is 22.2. The molecule has 3 fully saturated rings. The van der Waals surface area contributed by atoms with E-state index in [4.69, 9.17) is 43.6 Å². The van der Waals surface area contributed by atoms with Crippen LogP contribution in [0.4, 0.5) is 9.52 Å². The van der Waals surface area contributed by atoms with E-state index in [-0.39, 0.29) is 25.0 Å². The van der Waals surface area contributed by atoms with Crippen LogP contribution < -0.4 is 5.73 Å². The van der Waals surface area contributed by atoms with Crippen molar-refractivity contribution in [3.63, 3.8) is 0 Å². The number of nitrogen functional groups attached to an aromatic ring is 1. The number of anilines is 1. The van der Waals surface area contributed by atoms with Crippen LogP contribution in [0.15, 0.2) is 36.7 Å². The largest absolute Gasteiger partial charge is 0.459 e. The number of aromatic nitrogens is 4. The molecule has 5 heterocycles. The van der Waals surface area contributed by atoms with Crippen LogP contribution in [0.2, 0.25) is 0 Å². The lowest BCUT2D eigenvalue weighted by molar-refractivity contribution is -0.319. The molecule has 20 atom stereocenters. The first-order chi connectivity index (χ1) is 35.8. The SMILES string of the molecule is CC[C@H]1OC(=O)[C@H](C)[C@@H](O[C@H]2C[C@@](C)(OC)[C@@H](O)[C@H](C)O2)[C@H](C)[C@@H](O[C@@H]2O[C@H](C)C[C@H](N(C)CCc3cn([C@H](CF)[C@H](OC)c4ccc(-c5cnc(N)s5)cc4)nn3)[C@H]2O)[C@](C)(OC)C[C@@H](C)C(=O)[C@H](C)[C@@H](O)[C@]1(C)O. The summed E-state index contributed by atoms with van der Waals surface area (Å²) in [5, 5.41) is 56.1. The molecule has 3 aliphatic heterocycles. The first-order valence-corrected chi connectivity index (χ1v) is 27.3. The number of carbonyl (C=O) groups is 2. The van der Waals surface area contributed by atoms with Crippen molar-refractivity contribution in [1.29, 1.82) is 0 Å². The number of nitrogens with two attached hydrogens (primary N) is 1. The lowest BCUT2D eigenvalue weighted by Crippen LogP contribution is -2.61. The number of rotatable bonds is 17. The Bertz CT molecular complexity index is 2350. The highest BCUT2D eigenvalue weighted by Crippen LogP contribution is 2.42. The molecule has 3 aliphatic rings. The maximum Gasteiger partial charge on any atom is 0.311 e. The standard InChI is InChI=1S/C54H85FN6O14S/c1-15-40-54(10,67)46(64)30(4)42(62)28(2)23-53(9,70-14)48(31(5)44(32(6)49(66)73-40)74-41-24-52(8,69-13)47(65)33(7)72-41)75-50-43(63)37(22-29(3)71-50)60(11)21-20-36-27-61(59-58-36)38(25-55)45(68-12)35-18-16-34(17-19-35)39-26-57-51(56)76-39/h16-19,26-33,37-38,40-41,43-48,50,63-65,67H,15,20-25H2,1-14H3,(H2,56,57)/t28-,29-,30+,31+,32-,33+,37+,38-,40-,41+,43-,44+,45-,46-,47+,48-,50+,52-,53-,54-/m1/s1. The Morgan fingerprint density at radius 1 is 0.947 bits per heavy atom. The van der Waals surface area contributed by atoms with Crippen molar-refractivity contribution in [2.24, 2.45) is 23.7 Å². The molecule has 428 valence electrons. The summed E-state index contributed by atoms with van der Waals surface area (Å²) in [6.45, 7) is 16.5. The minimum absolute atomic E-state index is 0.0384. The molecular weight excluding hydrogens is 1010 g/mol. The Labute approximate surface area is 451 Å². The summed E-state index contributed by atoms with van der Waals surface area (Å²) in [6, 6.07) is 6.28. The number of aliphatic hydroxyl groups excluding tert-OH is 3. The Morgan fingerprint density at radius 2 is 1.62 bits per heavy atom. The summed E-state index contributed by atoms with van der Waals surface area (Å²) in [5.74, 6) is -4.88. The van der Waals surface area contributed by atoms with Crippen molar-refractivity contribution >= 4 is 28.2 Å². The van der Waals surface area contributed by atoms with E-state index in [1.54, 1.807) is 53.9 Å². The smallest absolute Gasteiger partial charge is 0.311 e. The zero-order chi connectivity index (χ0) is 56.2.